The van der Waals surface area contributed by atoms with Crippen molar-refractivity contribution in [2.75, 3.05) is 0 Å². The first-order valence-electron chi connectivity index (χ1n) is 3.51. The van der Waals surface area contributed by atoms with Crippen molar-refractivity contribution >= 4 is 5.78 Å². The molecule has 0 aliphatic heterocycles. The topological polar surface area (TPSA) is 32.9 Å². The largest absolute Gasteiger partial charge is 0.364 e. The molecular formula is C8H9F2NO. The van der Waals surface area contributed by atoms with Crippen LogP contribution >= 0.6 is 0 Å². The molecule has 0 saturated heterocycles. The van der Waals surface area contributed by atoms with Gasteiger partial charge in [0.1, 0.15) is 0 Å². The Morgan fingerprint density at radius 2 is 2.08 bits per heavy atom. The lowest BCUT2D eigenvalue weighted by Crippen LogP contribution is -2.11. The fourth-order valence-electron chi connectivity index (χ4n) is 1.14. The van der Waals surface area contributed by atoms with Crippen LogP contribution < -0.4 is 0 Å². The summed E-state index contributed by atoms with van der Waals surface area (Å²) in [4.78, 5) is 13.6. The lowest BCUT2D eigenvalue weighted by molar-refractivity contribution is 0.0677. The third-order valence-electron chi connectivity index (χ3n) is 1.72. The molecule has 66 valence electrons. The van der Waals surface area contributed by atoms with E-state index in [0.717, 1.165) is 0 Å². The smallest absolute Gasteiger partial charge is 0.300 e. The molecule has 0 fully saturated rings. The zero-order chi connectivity index (χ0) is 9.30. The molecule has 1 heterocycles. The summed E-state index contributed by atoms with van der Waals surface area (Å²) in [5.41, 5.74) is 1.18. The number of carbonyl (C=O) groups is 1. The molecule has 0 bridgehead atoms. The van der Waals surface area contributed by atoms with E-state index in [0.29, 0.717) is 11.3 Å². The molecule has 0 amide bonds. The van der Waals surface area contributed by atoms with Crippen LogP contribution in [0.2, 0.25) is 0 Å². The number of aromatic nitrogens is 1. The minimum absolute atomic E-state index is 0.116. The highest BCUT2D eigenvalue weighted by Gasteiger charge is 2.22. The third-order valence-corrected chi connectivity index (χ3v) is 1.72. The predicted molar refractivity (Wildman–Crippen MR) is 40.6 cm³/mol. The van der Waals surface area contributed by atoms with Gasteiger partial charge >= 0.3 is 6.43 Å². The number of H-pyrrole nitrogens is 1. The second-order valence-corrected chi connectivity index (χ2v) is 2.64. The number of carbonyl (C=O) groups excluding carboxylic acids is 1. The van der Waals surface area contributed by atoms with Crippen molar-refractivity contribution in [3.63, 3.8) is 0 Å². The Labute approximate surface area is 68.6 Å². The second kappa shape index (κ2) is 3.05. The molecule has 4 heteroatoms. The van der Waals surface area contributed by atoms with Gasteiger partial charge in [0.15, 0.2) is 0 Å². The molecule has 1 aromatic heterocycles. The molecular weight excluding hydrogens is 164 g/mol. The molecule has 0 aromatic carbocycles. The Hall–Kier alpha value is -1.19. The highest BCUT2D eigenvalue weighted by Crippen LogP contribution is 2.16. The van der Waals surface area contributed by atoms with Crippen LogP contribution in [-0.2, 0) is 0 Å². The van der Waals surface area contributed by atoms with Gasteiger partial charge in [0.25, 0.3) is 0 Å². The Morgan fingerprint density at radius 3 is 2.42 bits per heavy atom. The molecule has 2 nitrogen and oxygen atoms in total. The summed E-state index contributed by atoms with van der Waals surface area (Å²) in [5.74, 6) is -1.11. The quantitative estimate of drug-likeness (QED) is 0.682. The van der Waals surface area contributed by atoms with Crippen LogP contribution in [0.25, 0.3) is 0 Å². The van der Waals surface area contributed by atoms with Gasteiger partial charge in [-0.3, -0.25) is 4.79 Å². The number of nitrogens with one attached hydrogen (secondary N) is 1. The molecule has 0 aliphatic rings. The van der Waals surface area contributed by atoms with Gasteiger partial charge in [-0.15, -0.1) is 0 Å². The first kappa shape index (κ1) is 8.90. The van der Waals surface area contributed by atoms with Gasteiger partial charge in [-0.1, -0.05) is 0 Å². The molecule has 0 atom stereocenters. The van der Waals surface area contributed by atoms with Crippen LogP contribution in [0.5, 0.6) is 0 Å². The van der Waals surface area contributed by atoms with Gasteiger partial charge in [-0.2, -0.15) is 0 Å². The van der Waals surface area contributed by atoms with Crippen molar-refractivity contribution in [2.24, 2.45) is 0 Å². The first-order valence-corrected chi connectivity index (χ1v) is 3.51. The van der Waals surface area contributed by atoms with Crippen molar-refractivity contribution in [1.29, 1.82) is 0 Å². The zero-order valence-corrected chi connectivity index (χ0v) is 6.82. The maximum atomic E-state index is 12.0. The molecule has 0 aliphatic carbocycles. The Balaban J connectivity index is 3.09. The van der Waals surface area contributed by atoms with E-state index in [-0.39, 0.29) is 5.56 Å². The Morgan fingerprint density at radius 1 is 1.50 bits per heavy atom. The summed E-state index contributed by atoms with van der Waals surface area (Å²) in [5, 5.41) is 0. The van der Waals surface area contributed by atoms with E-state index in [1.165, 1.54) is 0 Å². The average molecular weight is 173 g/mol. The Kier molecular flexibility index (Phi) is 2.26. The van der Waals surface area contributed by atoms with E-state index in [4.69, 9.17) is 0 Å². The van der Waals surface area contributed by atoms with Crippen LogP contribution in [0.3, 0.4) is 0 Å². The minimum Gasteiger partial charge on any atom is -0.364 e. The molecule has 1 rings (SSSR count). The number of ketones is 1. The van der Waals surface area contributed by atoms with Crippen molar-refractivity contribution in [1.82, 2.24) is 4.98 Å². The van der Waals surface area contributed by atoms with Crippen LogP contribution in [-0.4, -0.2) is 17.2 Å². The fraction of sp³-hybridized carbons (Fsp3) is 0.375. The van der Waals surface area contributed by atoms with Crippen molar-refractivity contribution in [3.05, 3.63) is 23.0 Å². The summed E-state index contributed by atoms with van der Waals surface area (Å²) in [6.07, 6.45) is -1.37. The second-order valence-electron chi connectivity index (χ2n) is 2.64. The van der Waals surface area contributed by atoms with Gasteiger partial charge < -0.3 is 4.98 Å². The first-order chi connectivity index (χ1) is 5.54. The summed E-state index contributed by atoms with van der Waals surface area (Å²) < 4.78 is 24.0. The van der Waals surface area contributed by atoms with E-state index in [9.17, 15) is 13.6 Å². The molecule has 1 aromatic rings. The number of alkyl halides is 2. The number of hydrogen-bond donors (Lipinski definition) is 1. The lowest BCUT2D eigenvalue weighted by Gasteiger charge is -1.99. The number of hydrogen-bond acceptors (Lipinski definition) is 1. The highest BCUT2D eigenvalue weighted by molar-refractivity contribution is 6.00. The number of aryl methyl sites for hydroxylation is 2. The fourth-order valence-corrected chi connectivity index (χ4v) is 1.14. The molecule has 0 spiro atoms. The van der Waals surface area contributed by atoms with E-state index in [1.807, 2.05) is 0 Å². The average Bonchev–Trinajstić information content (AvgIpc) is 2.30. The van der Waals surface area contributed by atoms with Gasteiger partial charge in [0.2, 0.25) is 5.78 Å². The maximum Gasteiger partial charge on any atom is 0.300 e. The standard InChI is InChI=1S/C8H9F2NO/c1-4-3-11-5(2)6(4)7(12)8(9)10/h3,8,11H,1-2H3. The minimum atomic E-state index is -2.92. The predicted octanol–water partition coefficient (Wildman–Crippen LogP) is 2.08. The van der Waals surface area contributed by atoms with E-state index in [2.05, 4.69) is 4.98 Å². The SMILES string of the molecule is Cc1c[nH]c(C)c1C(=O)C(F)F. The van der Waals surface area contributed by atoms with Crippen LogP contribution in [0.1, 0.15) is 21.6 Å². The summed E-state index contributed by atoms with van der Waals surface area (Å²) in [6.45, 7) is 3.22. The number of aromatic amines is 1. The molecule has 0 saturated carbocycles. The summed E-state index contributed by atoms with van der Waals surface area (Å²) in [6, 6.07) is 0. The summed E-state index contributed by atoms with van der Waals surface area (Å²) >= 11 is 0. The molecule has 0 unspecified atom stereocenters. The van der Waals surface area contributed by atoms with Gasteiger partial charge in [0.05, 0.1) is 0 Å². The summed E-state index contributed by atoms with van der Waals surface area (Å²) in [7, 11) is 0. The lowest BCUT2D eigenvalue weighted by atomic mass is 10.1. The zero-order valence-electron chi connectivity index (χ0n) is 6.82. The maximum absolute atomic E-state index is 12.0. The molecule has 0 radical (unpaired) electrons. The Bertz CT molecular complexity index is 285. The number of rotatable bonds is 2. The van der Waals surface area contributed by atoms with Crippen molar-refractivity contribution in [2.45, 2.75) is 20.3 Å². The monoisotopic (exact) mass is 173 g/mol. The molecule has 1 N–H and O–H groups in total. The van der Waals surface area contributed by atoms with Gasteiger partial charge in [-0.05, 0) is 19.4 Å². The van der Waals surface area contributed by atoms with Gasteiger partial charge in [-0.25, -0.2) is 8.78 Å². The van der Waals surface area contributed by atoms with Crippen LogP contribution in [0, 0.1) is 13.8 Å². The van der Waals surface area contributed by atoms with E-state index < -0.39 is 12.2 Å². The number of halogens is 2. The van der Waals surface area contributed by atoms with E-state index in [1.54, 1.807) is 20.0 Å². The highest BCUT2D eigenvalue weighted by atomic mass is 19.3. The van der Waals surface area contributed by atoms with Crippen molar-refractivity contribution < 1.29 is 13.6 Å². The molecule has 12 heavy (non-hydrogen) atoms. The van der Waals surface area contributed by atoms with Crippen LogP contribution in [0.15, 0.2) is 6.20 Å². The van der Waals surface area contributed by atoms with Gasteiger partial charge in [0, 0.05) is 17.5 Å². The van der Waals surface area contributed by atoms with Crippen LogP contribution in [0.4, 0.5) is 8.78 Å². The third kappa shape index (κ3) is 1.37. The van der Waals surface area contributed by atoms with Crippen molar-refractivity contribution in [3.8, 4) is 0 Å². The normalized spacial score (nSPS) is 10.8. The van der Waals surface area contributed by atoms with E-state index >= 15 is 0 Å². The number of Topliss-reactive ketones (excluding diaryl/α,β-unsaturated/α-hetero) is 1.